The van der Waals surface area contributed by atoms with E-state index in [1.165, 1.54) is 0 Å². The van der Waals surface area contributed by atoms with Gasteiger partial charge in [-0.05, 0) is 37.1 Å². The van der Waals surface area contributed by atoms with Crippen molar-refractivity contribution in [2.45, 2.75) is 58.3 Å². The van der Waals surface area contributed by atoms with Crippen LogP contribution in [0.4, 0.5) is 5.69 Å². The molecule has 7 nitrogen and oxygen atoms in total. The third-order valence-corrected chi connectivity index (χ3v) is 4.75. The Balaban J connectivity index is 1.59. The normalized spacial score (nSPS) is 15.8. The number of amides is 2. The van der Waals surface area contributed by atoms with Crippen molar-refractivity contribution in [1.82, 2.24) is 15.0 Å². The van der Waals surface area contributed by atoms with Crippen LogP contribution in [0.5, 0.6) is 0 Å². The van der Waals surface area contributed by atoms with Gasteiger partial charge in [0.1, 0.15) is 0 Å². The molecule has 0 atom stereocenters. The quantitative estimate of drug-likeness (QED) is 0.867. The number of benzene rings is 1. The minimum Gasteiger partial charge on any atom is -0.338 e. The highest BCUT2D eigenvalue weighted by Gasteiger charge is 2.22. The lowest BCUT2D eigenvalue weighted by molar-refractivity contribution is -0.135. The van der Waals surface area contributed by atoms with Gasteiger partial charge in [-0.1, -0.05) is 38.8 Å². The van der Waals surface area contributed by atoms with E-state index in [1.807, 2.05) is 32.9 Å². The second-order valence-electron chi connectivity index (χ2n) is 8.28. The molecular weight excluding hydrogens is 356 g/mol. The third-order valence-electron chi connectivity index (χ3n) is 4.75. The average Bonchev–Trinajstić information content (AvgIpc) is 3.13. The van der Waals surface area contributed by atoms with Crippen LogP contribution in [-0.4, -0.2) is 39.9 Å². The van der Waals surface area contributed by atoms with E-state index in [9.17, 15) is 9.59 Å². The Hall–Kier alpha value is -2.70. The summed E-state index contributed by atoms with van der Waals surface area (Å²) in [5, 5.41) is 6.88. The molecule has 150 valence electrons. The first-order valence-electron chi connectivity index (χ1n) is 9.85. The molecule has 0 unspecified atom stereocenters. The molecule has 0 radical (unpaired) electrons. The summed E-state index contributed by atoms with van der Waals surface area (Å²) in [4.78, 5) is 30.6. The summed E-state index contributed by atoms with van der Waals surface area (Å²) in [6, 6.07) is 7.29. The fourth-order valence-electron chi connectivity index (χ4n) is 3.10. The maximum absolute atomic E-state index is 12.3. The van der Waals surface area contributed by atoms with Crippen LogP contribution in [0.2, 0.25) is 0 Å². The molecule has 28 heavy (non-hydrogen) atoms. The van der Waals surface area contributed by atoms with Crippen molar-refractivity contribution in [2.75, 3.05) is 18.4 Å². The number of nitrogens with one attached hydrogen (secondary N) is 1. The van der Waals surface area contributed by atoms with Crippen LogP contribution in [0.25, 0.3) is 11.4 Å². The number of likely N-dealkylation sites (tertiary alicyclic amines) is 1. The highest BCUT2D eigenvalue weighted by atomic mass is 16.5. The van der Waals surface area contributed by atoms with Crippen LogP contribution in [0.15, 0.2) is 28.8 Å². The summed E-state index contributed by atoms with van der Waals surface area (Å²) in [6.45, 7) is 6.79. The molecule has 1 aromatic heterocycles. The van der Waals surface area contributed by atoms with Crippen molar-refractivity contribution in [1.29, 1.82) is 0 Å². The van der Waals surface area contributed by atoms with Crippen molar-refractivity contribution in [3.8, 4) is 11.4 Å². The number of anilines is 1. The molecule has 2 amide bonds. The van der Waals surface area contributed by atoms with Crippen LogP contribution >= 0.6 is 0 Å². The third kappa shape index (κ3) is 5.18. The van der Waals surface area contributed by atoms with E-state index in [0.29, 0.717) is 30.4 Å². The number of hydrogen-bond donors (Lipinski definition) is 1. The molecule has 1 aliphatic rings. The minimum absolute atomic E-state index is 0.0666. The number of hydrogen-bond acceptors (Lipinski definition) is 5. The summed E-state index contributed by atoms with van der Waals surface area (Å²) < 4.78 is 5.32. The molecular formula is C21H28N4O3. The second-order valence-corrected chi connectivity index (χ2v) is 8.28. The van der Waals surface area contributed by atoms with Gasteiger partial charge in [-0.15, -0.1) is 0 Å². The summed E-state index contributed by atoms with van der Waals surface area (Å²) >= 11 is 0. The highest BCUT2D eigenvalue weighted by molar-refractivity contribution is 5.94. The Morgan fingerprint density at radius 2 is 1.86 bits per heavy atom. The lowest BCUT2D eigenvalue weighted by Crippen LogP contribution is -2.39. The van der Waals surface area contributed by atoms with E-state index in [0.717, 1.165) is 31.2 Å². The predicted molar refractivity (Wildman–Crippen MR) is 107 cm³/mol. The van der Waals surface area contributed by atoms with Crippen molar-refractivity contribution in [3.05, 3.63) is 30.2 Å². The molecule has 2 aromatic rings. The van der Waals surface area contributed by atoms with E-state index in [1.54, 1.807) is 17.0 Å². The van der Waals surface area contributed by atoms with Gasteiger partial charge in [0.05, 0.1) is 6.54 Å². The van der Waals surface area contributed by atoms with Gasteiger partial charge < -0.3 is 14.7 Å². The Kier molecular flexibility index (Phi) is 6.11. The molecule has 1 aliphatic heterocycles. The molecule has 0 aliphatic carbocycles. The first-order valence-corrected chi connectivity index (χ1v) is 9.85. The summed E-state index contributed by atoms with van der Waals surface area (Å²) in [5.41, 5.74) is 1.28. The number of rotatable bonds is 4. The summed E-state index contributed by atoms with van der Waals surface area (Å²) in [7, 11) is 0. The van der Waals surface area contributed by atoms with Gasteiger partial charge >= 0.3 is 0 Å². The Morgan fingerprint density at radius 3 is 2.54 bits per heavy atom. The summed E-state index contributed by atoms with van der Waals surface area (Å²) in [6.07, 6.45) is 4.60. The van der Waals surface area contributed by atoms with E-state index in [4.69, 9.17) is 4.52 Å². The van der Waals surface area contributed by atoms with Crippen LogP contribution in [0.1, 0.15) is 58.8 Å². The lowest BCUT2D eigenvalue weighted by Gasteiger charge is -2.24. The van der Waals surface area contributed by atoms with Crippen molar-refractivity contribution < 1.29 is 14.1 Å². The van der Waals surface area contributed by atoms with E-state index in [2.05, 4.69) is 15.5 Å². The lowest BCUT2D eigenvalue weighted by atomic mass is 9.97. The van der Waals surface area contributed by atoms with E-state index in [-0.39, 0.29) is 23.8 Å². The Labute approximate surface area is 165 Å². The van der Waals surface area contributed by atoms with Crippen LogP contribution in [0.3, 0.4) is 0 Å². The van der Waals surface area contributed by atoms with Crippen LogP contribution < -0.4 is 5.32 Å². The topological polar surface area (TPSA) is 88.3 Å². The van der Waals surface area contributed by atoms with E-state index >= 15 is 0 Å². The molecule has 1 fully saturated rings. The van der Waals surface area contributed by atoms with Gasteiger partial charge in [0.15, 0.2) is 0 Å². The highest BCUT2D eigenvalue weighted by Crippen LogP contribution is 2.24. The average molecular weight is 384 g/mol. The SMILES string of the molecule is CC(C)(C)c1nc(-c2ccc(NC(=O)CN3CCCCCCC3=O)cc2)no1. The van der Waals surface area contributed by atoms with Gasteiger partial charge in [-0.3, -0.25) is 9.59 Å². The van der Waals surface area contributed by atoms with Crippen molar-refractivity contribution >= 4 is 17.5 Å². The number of carbonyl (C=O) groups excluding carboxylic acids is 2. The Morgan fingerprint density at radius 1 is 1.14 bits per heavy atom. The monoisotopic (exact) mass is 384 g/mol. The van der Waals surface area contributed by atoms with Gasteiger partial charge in [0.25, 0.3) is 0 Å². The van der Waals surface area contributed by atoms with Gasteiger partial charge in [0.2, 0.25) is 23.5 Å². The molecule has 2 heterocycles. The van der Waals surface area contributed by atoms with Crippen molar-refractivity contribution in [2.24, 2.45) is 0 Å². The van der Waals surface area contributed by atoms with Crippen LogP contribution in [-0.2, 0) is 15.0 Å². The zero-order valence-corrected chi connectivity index (χ0v) is 16.8. The fraction of sp³-hybridized carbons (Fsp3) is 0.524. The zero-order chi connectivity index (χ0) is 20.1. The van der Waals surface area contributed by atoms with E-state index < -0.39 is 0 Å². The zero-order valence-electron chi connectivity index (χ0n) is 16.8. The molecule has 0 saturated carbocycles. The largest absolute Gasteiger partial charge is 0.338 e. The first-order chi connectivity index (χ1) is 13.3. The van der Waals surface area contributed by atoms with Gasteiger partial charge in [-0.2, -0.15) is 4.98 Å². The van der Waals surface area contributed by atoms with Crippen LogP contribution in [0, 0.1) is 0 Å². The molecule has 3 rings (SSSR count). The first kappa shape index (κ1) is 20.0. The smallest absolute Gasteiger partial charge is 0.243 e. The molecule has 1 aromatic carbocycles. The maximum Gasteiger partial charge on any atom is 0.243 e. The standard InChI is InChI=1S/C21H28N4O3/c1-21(2,3)20-23-19(24-28-20)15-9-11-16(12-10-15)22-17(26)14-25-13-7-5-4-6-8-18(25)27/h9-12H,4-8,13-14H2,1-3H3,(H,22,26). The minimum atomic E-state index is -0.205. The summed E-state index contributed by atoms with van der Waals surface area (Å²) in [5.74, 6) is 0.986. The predicted octanol–water partition coefficient (Wildman–Crippen LogP) is 3.77. The molecule has 1 saturated heterocycles. The maximum atomic E-state index is 12.3. The fourth-order valence-corrected chi connectivity index (χ4v) is 3.10. The molecule has 0 bridgehead atoms. The Bertz CT molecular complexity index is 821. The number of nitrogens with zero attached hydrogens (tertiary/aromatic N) is 3. The second kappa shape index (κ2) is 8.54. The number of carbonyl (C=O) groups is 2. The van der Waals surface area contributed by atoms with Crippen molar-refractivity contribution in [3.63, 3.8) is 0 Å². The molecule has 7 heteroatoms. The number of aromatic nitrogens is 2. The molecule has 0 spiro atoms. The van der Waals surface area contributed by atoms with Gasteiger partial charge in [0, 0.05) is 29.6 Å². The molecule has 1 N–H and O–H groups in total. The van der Waals surface area contributed by atoms with Gasteiger partial charge in [-0.25, -0.2) is 0 Å².